The molecule has 0 fully saturated rings. The number of ether oxygens (including phenoxy) is 1. The summed E-state index contributed by atoms with van der Waals surface area (Å²) in [4.78, 5) is 28.5. The molecule has 2 unspecified atom stereocenters. The van der Waals surface area contributed by atoms with Crippen LogP contribution in [0.5, 0.6) is 5.75 Å². The van der Waals surface area contributed by atoms with Crippen LogP contribution in [-0.4, -0.2) is 26.9 Å². The topological polar surface area (TPSA) is 85.6 Å². The molecule has 3 rings (SSSR count). The largest absolute Gasteiger partial charge is 0.416 e. The van der Waals surface area contributed by atoms with Crippen molar-refractivity contribution >= 4 is 25.3 Å². The first-order valence-electron chi connectivity index (χ1n) is 11.9. The Morgan fingerprint density at radius 2 is 1.68 bits per heavy atom. The molecule has 0 saturated carbocycles. The summed E-state index contributed by atoms with van der Waals surface area (Å²) in [6.45, 7) is 16.1. The summed E-state index contributed by atoms with van der Waals surface area (Å²) >= 11 is 0. The minimum absolute atomic E-state index is 0. The number of carbonyl (C=O) groups is 1. The third-order valence-electron chi connectivity index (χ3n) is 4.89. The first-order valence-corrected chi connectivity index (χ1v) is 11.9. The van der Waals surface area contributed by atoms with E-state index in [-0.39, 0.29) is 50.3 Å². The number of rotatable bonds is 4. The third-order valence-corrected chi connectivity index (χ3v) is 4.89. The summed E-state index contributed by atoms with van der Waals surface area (Å²) < 4.78 is 30.4. The smallest absolute Gasteiger partial charge is 0.410 e. The van der Waals surface area contributed by atoms with Crippen molar-refractivity contribution < 1.29 is 23.2 Å². The quantitative estimate of drug-likeness (QED) is 0.219. The fraction of sp³-hybridized carbons (Fsp3) is 0.481. The van der Waals surface area contributed by atoms with Gasteiger partial charge in [-0.05, 0) is 49.9 Å². The van der Waals surface area contributed by atoms with Crippen molar-refractivity contribution in [2.45, 2.75) is 87.2 Å². The molecular formula is C27H43F2N3O4S. The average molecular weight is 544 g/mol. The van der Waals surface area contributed by atoms with Gasteiger partial charge >= 0.3 is 6.09 Å². The second-order valence-electron chi connectivity index (χ2n) is 7.06. The molecular weight excluding hydrogens is 500 g/mol. The minimum Gasteiger partial charge on any atom is -0.410 e. The molecule has 0 N–H and O–H groups in total. The van der Waals surface area contributed by atoms with Crippen molar-refractivity contribution in [2.75, 3.05) is 0 Å². The summed E-state index contributed by atoms with van der Waals surface area (Å²) in [7, 11) is 0. The first kappa shape index (κ1) is 38.5. The molecule has 1 aromatic heterocycles. The maximum absolute atomic E-state index is 14.2. The minimum atomic E-state index is -0.551. The number of fused-ring (bicyclic) bond motifs is 1. The molecule has 1 aliphatic heterocycles. The van der Waals surface area contributed by atoms with Crippen LogP contribution in [0, 0.1) is 16.1 Å². The monoisotopic (exact) mass is 543 g/mol. The van der Waals surface area contributed by atoms with E-state index >= 15 is 0 Å². The number of hydrogen-bond acceptors (Lipinski definition) is 5. The van der Waals surface area contributed by atoms with Crippen LogP contribution >= 0.6 is 13.5 Å². The number of amides is 1. The van der Waals surface area contributed by atoms with Crippen LogP contribution in [-0.2, 0) is 6.42 Å². The number of pyridine rings is 1. The number of nitro benzene ring substituents is 1. The Morgan fingerprint density at radius 1 is 1.16 bits per heavy atom. The second kappa shape index (κ2) is 20.1. The van der Waals surface area contributed by atoms with E-state index in [2.05, 4.69) is 11.6 Å². The molecule has 0 spiro atoms. The van der Waals surface area contributed by atoms with Crippen LogP contribution < -0.4 is 4.74 Å². The zero-order chi connectivity index (χ0) is 27.1. The summed E-state index contributed by atoms with van der Waals surface area (Å²) in [5.41, 5.74) is 1.22. The number of allylic oxidation sites excluding steroid dienone is 1. The van der Waals surface area contributed by atoms with E-state index in [1.54, 1.807) is 11.0 Å². The summed E-state index contributed by atoms with van der Waals surface area (Å²) in [5.74, 6) is -0.602. The normalized spacial score (nSPS) is 14.7. The van der Waals surface area contributed by atoms with E-state index in [1.165, 1.54) is 37.4 Å². The van der Waals surface area contributed by atoms with Crippen LogP contribution in [0.4, 0.5) is 19.3 Å². The van der Waals surface area contributed by atoms with Gasteiger partial charge < -0.3 is 4.74 Å². The molecule has 210 valence electrons. The Labute approximate surface area is 227 Å². The molecule has 2 heterocycles. The van der Waals surface area contributed by atoms with Gasteiger partial charge in [-0.15, -0.1) is 0 Å². The van der Waals surface area contributed by atoms with Crippen LogP contribution in [0.15, 0.2) is 48.9 Å². The van der Waals surface area contributed by atoms with Gasteiger partial charge in [0.2, 0.25) is 5.95 Å². The highest BCUT2D eigenvalue weighted by Crippen LogP contribution is 2.37. The van der Waals surface area contributed by atoms with Crippen molar-refractivity contribution in [1.82, 2.24) is 9.88 Å². The molecule has 10 heteroatoms. The van der Waals surface area contributed by atoms with Crippen LogP contribution in [0.1, 0.15) is 85.9 Å². The molecule has 2 atom stereocenters. The molecule has 0 aliphatic carbocycles. The Morgan fingerprint density at radius 3 is 2.11 bits per heavy atom. The molecule has 0 bridgehead atoms. The van der Waals surface area contributed by atoms with Gasteiger partial charge in [0, 0.05) is 29.9 Å². The number of hydrogen-bond donors (Lipinski definition) is 0. The van der Waals surface area contributed by atoms with Gasteiger partial charge in [0.25, 0.3) is 5.69 Å². The van der Waals surface area contributed by atoms with Crippen molar-refractivity contribution in [2.24, 2.45) is 0 Å². The highest BCUT2D eigenvalue weighted by molar-refractivity contribution is 7.59. The number of carbonyl (C=O) groups excluding carboxylic acids is 1. The number of aromatic nitrogens is 1. The van der Waals surface area contributed by atoms with E-state index in [9.17, 15) is 23.7 Å². The summed E-state index contributed by atoms with van der Waals surface area (Å²) in [5, 5.41) is 10.7. The second-order valence-corrected chi connectivity index (χ2v) is 7.06. The van der Waals surface area contributed by atoms with Crippen molar-refractivity contribution in [1.29, 1.82) is 0 Å². The van der Waals surface area contributed by atoms with Crippen LogP contribution in [0.3, 0.4) is 0 Å². The zero-order valence-electron chi connectivity index (χ0n) is 22.2. The SMILES string of the molecule is C.C=C(C)F.CC.CC.CCC1Cc2c(ccnc2F)C(CC)N1C(=O)Oc1ccc([N+](=O)[O-])cc1.S. The standard InChI is InChI=1S/C19H20FN3O4.C3H5F.2C2H6.CH4.H2S/c1-3-12-11-16-15(9-10-21-18(16)20)17(4-2)22(12)19(24)27-14-7-5-13(6-8-14)23(25)26;1-3(2)4;2*1-2;;/h5-10,12,17H,3-4,11H2,1-2H3;1H2,2H3;2*1-2H3;1H4;1H2. The predicted octanol–water partition coefficient (Wildman–Crippen LogP) is 8.71. The van der Waals surface area contributed by atoms with Crippen molar-refractivity contribution in [3.8, 4) is 5.75 Å². The van der Waals surface area contributed by atoms with E-state index in [0.29, 0.717) is 24.8 Å². The molecule has 1 aliphatic rings. The number of nitrogens with zero attached hydrogens (tertiary/aromatic N) is 3. The Kier molecular flexibility index (Phi) is 20.9. The van der Waals surface area contributed by atoms with Gasteiger partial charge in [0.1, 0.15) is 5.75 Å². The molecule has 2 aromatic rings. The Hall–Kier alpha value is -3.01. The highest BCUT2D eigenvalue weighted by Gasteiger charge is 2.38. The predicted molar refractivity (Wildman–Crippen MR) is 152 cm³/mol. The van der Waals surface area contributed by atoms with E-state index in [1.807, 2.05) is 41.5 Å². The van der Waals surface area contributed by atoms with Gasteiger partial charge in [-0.25, -0.2) is 14.2 Å². The Bertz CT molecular complexity index is 955. The molecule has 1 amide bonds. The zero-order valence-corrected chi connectivity index (χ0v) is 23.2. The van der Waals surface area contributed by atoms with E-state index in [0.717, 1.165) is 5.56 Å². The lowest BCUT2D eigenvalue weighted by atomic mass is 9.87. The van der Waals surface area contributed by atoms with Gasteiger partial charge in [-0.3, -0.25) is 15.0 Å². The molecule has 7 nitrogen and oxygen atoms in total. The third kappa shape index (κ3) is 11.3. The van der Waals surface area contributed by atoms with Gasteiger partial charge in [0.15, 0.2) is 0 Å². The summed E-state index contributed by atoms with van der Waals surface area (Å²) in [6.07, 6.45) is 2.47. The van der Waals surface area contributed by atoms with Crippen LogP contribution in [0.25, 0.3) is 0 Å². The molecule has 0 saturated heterocycles. The van der Waals surface area contributed by atoms with Gasteiger partial charge in [-0.1, -0.05) is 55.5 Å². The number of nitro groups is 1. The maximum Gasteiger partial charge on any atom is 0.416 e. The lowest BCUT2D eigenvalue weighted by Gasteiger charge is -2.41. The van der Waals surface area contributed by atoms with Crippen molar-refractivity contribution in [3.63, 3.8) is 0 Å². The van der Waals surface area contributed by atoms with Crippen LogP contribution in [0.2, 0.25) is 0 Å². The number of non-ortho nitro benzene ring substituents is 1. The summed E-state index contributed by atoms with van der Waals surface area (Å²) in [6, 6.07) is 6.55. The van der Waals surface area contributed by atoms with Gasteiger partial charge in [0.05, 0.1) is 16.8 Å². The van der Waals surface area contributed by atoms with Crippen molar-refractivity contribution in [3.05, 3.63) is 76.1 Å². The maximum atomic E-state index is 14.2. The lowest BCUT2D eigenvalue weighted by Crippen LogP contribution is -2.48. The highest BCUT2D eigenvalue weighted by atomic mass is 32.1. The first-order chi connectivity index (χ1) is 16.7. The number of benzene rings is 1. The molecule has 0 radical (unpaired) electrons. The van der Waals surface area contributed by atoms with Gasteiger partial charge in [-0.2, -0.15) is 17.9 Å². The fourth-order valence-electron chi connectivity index (χ4n) is 3.56. The number of halogens is 2. The fourth-order valence-corrected chi connectivity index (χ4v) is 3.56. The van der Waals surface area contributed by atoms with E-state index in [4.69, 9.17) is 4.74 Å². The Balaban J connectivity index is -0.00000104. The molecule has 37 heavy (non-hydrogen) atoms. The van der Waals surface area contributed by atoms with E-state index < -0.39 is 17.0 Å². The average Bonchev–Trinajstić information content (AvgIpc) is 2.85. The lowest BCUT2D eigenvalue weighted by molar-refractivity contribution is -0.384. The molecule has 1 aromatic carbocycles.